The van der Waals surface area contributed by atoms with E-state index in [4.69, 9.17) is 9.97 Å². The molecule has 5 amide bonds. The second kappa shape index (κ2) is 14.5. The second-order valence-corrected chi connectivity index (χ2v) is 14.9. The predicted molar refractivity (Wildman–Crippen MR) is 213 cm³/mol. The number of carbonyl (C=O) groups is 5. The van der Waals surface area contributed by atoms with Crippen LogP contribution in [0.5, 0.6) is 0 Å². The van der Waals surface area contributed by atoms with Crippen LogP contribution < -0.4 is 10.6 Å². The molecule has 0 saturated carbocycles. The summed E-state index contributed by atoms with van der Waals surface area (Å²) >= 11 is 0. The molecule has 1 fully saturated rings. The molecule has 2 aromatic carbocycles. The molecule has 4 aromatic heterocycles. The maximum Gasteiger partial charge on any atom is 0.270 e. The molecule has 6 aromatic rings. The molecule has 1 atom stereocenters. The van der Waals surface area contributed by atoms with Crippen LogP contribution in [-0.2, 0) is 54.0 Å². The minimum Gasteiger partial charge on any atom is -0.345 e. The van der Waals surface area contributed by atoms with Crippen LogP contribution in [0.25, 0.3) is 44.5 Å². The molecule has 292 valence electrons. The Balaban J connectivity index is 0.889. The van der Waals surface area contributed by atoms with E-state index in [1.165, 1.54) is 4.90 Å². The van der Waals surface area contributed by atoms with Gasteiger partial charge >= 0.3 is 0 Å². The first kappa shape index (κ1) is 36.6. The van der Waals surface area contributed by atoms with Crippen molar-refractivity contribution in [2.45, 2.75) is 65.3 Å². The van der Waals surface area contributed by atoms with Crippen molar-refractivity contribution in [1.82, 2.24) is 49.7 Å². The van der Waals surface area contributed by atoms with Gasteiger partial charge in [0.1, 0.15) is 17.6 Å². The van der Waals surface area contributed by atoms with E-state index in [0.29, 0.717) is 30.0 Å². The van der Waals surface area contributed by atoms with Crippen LogP contribution in [-0.4, -0.2) is 81.2 Å². The number of hydrogen-bond acceptors (Lipinski definition) is 9. The fourth-order valence-corrected chi connectivity index (χ4v) is 8.36. The molecule has 3 aliphatic heterocycles. The molecule has 1 unspecified atom stereocenters. The maximum absolute atomic E-state index is 13.4. The third-order valence-electron chi connectivity index (χ3n) is 11.4. The number of imidazole rings is 1. The molecule has 1 saturated heterocycles. The molecule has 15 heteroatoms. The van der Waals surface area contributed by atoms with Gasteiger partial charge < -0.3 is 19.7 Å². The lowest BCUT2D eigenvalue weighted by Crippen LogP contribution is -2.52. The molecule has 0 spiro atoms. The van der Waals surface area contributed by atoms with Gasteiger partial charge in [-0.2, -0.15) is 5.10 Å². The number of pyridine rings is 2. The Morgan fingerprint density at radius 1 is 0.931 bits per heavy atom. The van der Waals surface area contributed by atoms with Crippen LogP contribution in [0.1, 0.15) is 70.3 Å². The highest BCUT2D eigenvalue weighted by molar-refractivity contribution is 6.06. The second-order valence-electron chi connectivity index (χ2n) is 14.9. The van der Waals surface area contributed by atoms with Gasteiger partial charge in [-0.1, -0.05) is 37.3 Å². The number of imide groups is 1. The van der Waals surface area contributed by atoms with Gasteiger partial charge in [-0.3, -0.25) is 43.9 Å². The molecule has 7 heterocycles. The smallest absolute Gasteiger partial charge is 0.270 e. The van der Waals surface area contributed by atoms with Gasteiger partial charge in [0.2, 0.25) is 17.7 Å². The Hall–Kier alpha value is -7.03. The van der Waals surface area contributed by atoms with Crippen molar-refractivity contribution in [3.05, 3.63) is 107 Å². The largest absolute Gasteiger partial charge is 0.345 e. The molecule has 2 N–H and O–H groups in total. The molecule has 0 aliphatic carbocycles. The van der Waals surface area contributed by atoms with E-state index in [1.54, 1.807) is 43.0 Å². The number of fused-ring (bicyclic) bond motifs is 3. The minimum atomic E-state index is -0.710. The van der Waals surface area contributed by atoms with Crippen molar-refractivity contribution < 1.29 is 24.0 Å². The number of aromatic nitrogens is 6. The number of nitrogens with one attached hydrogen (secondary N) is 2. The van der Waals surface area contributed by atoms with Crippen LogP contribution in [0, 0.1) is 0 Å². The van der Waals surface area contributed by atoms with Gasteiger partial charge in [-0.15, -0.1) is 0 Å². The van der Waals surface area contributed by atoms with Crippen LogP contribution in [0.4, 0.5) is 0 Å². The van der Waals surface area contributed by atoms with E-state index in [9.17, 15) is 24.0 Å². The first-order valence-corrected chi connectivity index (χ1v) is 19.3. The maximum atomic E-state index is 13.4. The summed E-state index contributed by atoms with van der Waals surface area (Å²) in [5.41, 5.74) is 8.06. The summed E-state index contributed by atoms with van der Waals surface area (Å²) < 4.78 is 3.95. The highest BCUT2D eigenvalue weighted by Crippen LogP contribution is 2.36. The van der Waals surface area contributed by atoms with E-state index in [1.807, 2.05) is 47.5 Å². The summed E-state index contributed by atoms with van der Waals surface area (Å²) in [5.74, 6) is -0.341. The van der Waals surface area contributed by atoms with Crippen molar-refractivity contribution in [3.8, 4) is 33.8 Å². The summed E-state index contributed by atoms with van der Waals surface area (Å²) in [6, 6.07) is 18.2. The van der Waals surface area contributed by atoms with Gasteiger partial charge in [0, 0.05) is 86.5 Å². The third-order valence-corrected chi connectivity index (χ3v) is 11.4. The van der Waals surface area contributed by atoms with E-state index in [2.05, 4.69) is 38.3 Å². The SMILES string of the molecule is CCc1nc(-c2cccc3cc(-c4ccc(C(=O)NCc5cc(-c6cccc7c6CN(C6CCC(=O)NC6=O)C7=O)n(C)n5)nc4)ncc23)c2n1CCN(C(C)=O)C2. The summed E-state index contributed by atoms with van der Waals surface area (Å²) in [6.07, 6.45) is 4.74. The number of carbonyl (C=O) groups excluding carboxylic acids is 5. The standard InChI is InChI=1S/C43H40N10O5/c1-4-38-47-40(37-23-51(24(2)54)15-16-52(37)38)29-9-5-7-25-17-34(45-21-31(25)29)26-11-12-33(44-19-26)41(56)46-20-27-18-36(50(3)49-27)28-8-6-10-30-32(28)22-53(43(30)58)35-13-14-39(55)48-42(35)57/h5-12,17-19,21,35H,4,13-16,20,22-23H2,1-3H3,(H,46,56)(H,48,55,57). The van der Waals surface area contributed by atoms with E-state index in [0.717, 1.165) is 68.9 Å². The molecule has 0 bridgehead atoms. The monoisotopic (exact) mass is 776 g/mol. The zero-order valence-corrected chi connectivity index (χ0v) is 32.3. The van der Waals surface area contributed by atoms with Crippen molar-refractivity contribution in [1.29, 1.82) is 0 Å². The zero-order valence-electron chi connectivity index (χ0n) is 32.3. The quantitative estimate of drug-likeness (QED) is 0.215. The van der Waals surface area contributed by atoms with Crippen LogP contribution >= 0.6 is 0 Å². The average molecular weight is 777 g/mol. The molecule has 15 nitrogen and oxygen atoms in total. The van der Waals surface area contributed by atoms with Gasteiger partial charge in [0.25, 0.3) is 11.8 Å². The molecular weight excluding hydrogens is 737 g/mol. The van der Waals surface area contributed by atoms with Gasteiger partial charge in [0.05, 0.1) is 41.6 Å². The summed E-state index contributed by atoms with van der Waals surface area (Å²) in [4.78, 5) is 80.8. The number of piperidine rings is 1. The van der Waals surface area contributed by atoms with Gasteiger partial charge in [-0.25, -0.2) is 4.98 Å². The Bertz CT molecular complexity index is 2700. The van der Waals surface area contributed by atoms with Crippen molar-refractivity contribution >= 4 is 40.3 Å². The van der Waals surface area contributed by atoms with Crippen LogP contribution in [0.15, 0.2) is 73.1 Å². The first-order chi connectivity index (χ1) is 28.1. The number of aryl methyl sites for hydroxylation is 2. The number of nitrogens with zero attached hydrogens (tertiary/aromatic N) is 8. The van der Waals surface area contributed by atoms with Gasteiger partial charge in [-0.05, 0) is 47.7 Å². The lowest BCUT2D eigenvalue weighted by atomic mass is 10.0. The molecule has 0 radical (unpaired) electrons. The summed E-state index contributed by atoms with van der Waals surface area (Å²) in [7, 11) is 1.80. The fraction of sp³-hybridized carbons (Fsp3) is 0.279. The Kier molecular flexibility index (Phi) is 9.14. The van der Waals surface area contributed by atoms with Crippen molar-refractivity contribution in [3.63, 3.8) is 0 Å². The Morgan fingerprint density at radius 3 is 2.52 bits per heavy atom. The van der Waals surface area contributed by atoms with Crippen molar-refractivity contribution in [2.24, 2.45) is 7.05 Å². The predicted octanol–water partition coefficient (Wildman–Crippen LogP) is 4.18. The van der Waals surface area contributed by atoms with E-state index < -0.39 is 11.9 Å². The number of amides is 5. The number of hydrogen-bond donors (Lipinski definition) is 2. The molecular formula is C43H40N10O5. The summed E-state index contributed by atoms with van der Waals surface area (Å²) in [6.45, 7) is 5.99. The van der Waals surface area contributed by atoms with Crippen LogP contribution in [0.3, 0.4) is 0 Å². The minimum absolute atomic E-state index is 0.0513. The van der Waals surface area contributed by atoms with E-state index in [-0.39, 0.29) is 55.3 Å². The van der Waals surface area contributed by atoms with Gasteiger partial charge in [0.15, 0.2) is 0 Å². The average Bonchev–Trinajstić information content (AvgIpc) is 3.91. The molecule has 58 heavy (non-hydrogen) atoms. The highest BCUT2D eigenvalue weighted by Gasteiger charge is 2.40. The summed E-state index contributed by atoms with van der Waals surface area (Å²) in [5, 5.41) is 11.8. The highest BCUT2D eigenvalue weighted by atomic mass is 16.2. The zero-order chi connectivity index (χ0) is 40.2. The number of benzene rings is 2. The Morgan fingerprint density at radius 2 is 1.74 bits per heavy atom. The lowest BCUT2D eigenvalue weighted by Gasteiger charge is -2.29. The third kappa shape index (κ3) is 6.37. The molecule has 3 aliphatic rings. The normalized spacial score (nSPS) is 16.4. The Labute approximate surface area is 333 Å². The topological polar surface area (TPSA) is 177 Å². The van der Waals surface area contributed by atoms with E-state index >= 15 is 0 Å². The van der Waals surface area contributed by atoms with Crippen LogP contribution in [0.2, 0.25) is 0 Å². The lowest BCUT2D eigenvalue weighted by molar-refractivity contribution is -0.137. The number of rotatable bonds is 8. The first-order valence-electron chi connectivity index (χ1n) is 19.3. The fourth-order valence-electron chi connectivity index (χ4n) is 8.36. The molecule has 9 rings (SSSR count). The van der Waals surface area contributed by atoms with Crippen molar-refractivity contribution in [2.75, 3.05) is 6.54 Å².